The van der Waals surface area contributed by atoms with E-state index in [0.717, 1.165) is 5.57 Å². The molecule has 8 heteroatoms. The van der Waals surface area contributed by atoms with Crippen LogP contribution in [0, 0.1) is 5.92 Å². The van der Waals surface area contributed by atoms with E-state index in [4.69, 9.17) is 11.6 Å². The number of benzene rings is 2. The quantitative estimate of drug-likeness (QED) is 0.242. The molecule has 0 amide bonds. The van der Waals surface area contributed by atoms with E-state index in [-0.39, 0.29) is 9.79 Å². The number of rotatable bonds is 11. The van der Waals surface area contributed by atoms with E-state index in [9.17, 15) is 21.6 Å². The average molecular weight is 497 g/mol. The number of aldehydes is 1. The first kappa shape index (κ1) is 26.3. The lowest BCUT2D eigenvalue weighted by Gasteiger charge is -2.31. The van der Waals surface area contributed by atoms with Gasteiger partial charge in [-0.3, -0.25) is 0 Å². The van der Waals surface area contributed by atoms with Crippen LogP contribution in [0.25, 0.3) is 0 Å². The van der Waals surface area contributed by atoms with Gasteiger partial charge in [-0.1, -0.05) is 55.0 Å². The van der Waals surface area contributed by atoms with Gasteiger partial charge in [0, 0.05) is 6.42 Å². The van der Waals surface area contributed by atoms with Crippen molar-refractivity contribution >= 4 is 37.6 Å². The van der Waals surface area contributed by atoms with Gasteiger partial charge in [-0.05, 0) is 56.9 Å². The molecule has 0 aliphatic rings. The van der Waals surface area contributed by atoms with Crippen LogP contribution in [0.15, 0.2) is 82.1 Å². The van der Waals surface area contributed by atoms with E-state index in [1.807, 2.05) is 19.9 Å². The highest BCUT2D eigenvalue weighted by molar-refractivity contribution is 8.09. The van der Waals surface area contributed by atoms with E-state index in [1.165, 1.54) is 48.5 Å². The van der Waals surface area contributed by atoms with Gasteiger partial charge in [0.05, 0.1) is 9.79 Å². The molecule has 2 rings (SSSR count). The van der Waals surface area contributed by atoms with Gasteiger partial charge in [0.1, 0.15) is 11.2 Å². The zero-order valence-corrected chi connectivity index (χ0v) is 20.8. The normalized spacial score (nSPS) is 15.0. The summed E-state index contributed by atoms with van der Waals surface area (Å²) < 4.78 is 52.1. The average Bonchev–Trinajstić information content (AvgIpc) is 2.78. The lowest BCUT2D eigenvalue weighted by Crippen LogP contribution is -2.42. The van der Waals surface area contributed by atoms with Crippen LogP contribution in [0.3, 0.4) is 0 Å². The molecule has 0 aliphatic heterocycles. The minimum atomic E-state index is -4.36. The number of carbonyl (C=O) groups is 1. The fraction of sp³-hybridized carbons (Fsp3) is 0.375. The molecule has 5 nitrogen and oxygen atoms in total. The SMILES string of the molecule is CC(C)=CCC[C@@H](C)[C@@](Cl)(C=O)CC(S(=O)(=O)c1ccccc1)S(=O)(=O)c1ccccc1. The van der Waals surface area contributed by atoms with Gasteiger partial charge in [-0.2, -0.15) is 0 Å². The Morgan fingerprint density at radius 1 is 0.906 bits per heavy atom. The van der Waals surface area contributed by atoms with E-state index < -0.39 is 41.5 Å². The Balaban J connectivity index is 2.56. The van der Waals surface area contributed by atoms with E-state index in [2.05, 4.69) is 0 Å². The van der Waals surface area contributed by atoms with Gasteiger partial charge in [-0.15, -0.1) is 11.6 Å². The van der Waals surface area contributed by atoms with Gasteiger partial charge >= 0.3 is 0 Å². The second-order valence-electron chi connectivity index (χ2n) is 8.15. The van der Waals surface area contributed by atoms with Crippen LogP contribution in [-0.4, -0.2) is 32.6 Å². The molecule has 0 bridgehead atoms. The van der Waals surface area contributed by atoms with Crippen molar-refractivity contribution in [1.29, 1.82) is 0 Å². The lowest BCUT2D eigenvalue weighted by atomic mass is 9.88. The molecular formula is C24H29ClO5S2. The number of alkyl halides is 1. The summed E-state index contributed by atoms with van der Waals surface area (Å²) in [6.07, 6.45) is 3.08. The van der Waals surface area contributed by atoms with Crippen LogP contribution in [-0.2, 0) is 24.5 Å². The van der Waals surface area contributed by atoms with Gasteiger partial charge < -0.3 is 4.79 Å². The van der Waals surface area contributed by atoms with E-state index >= 15 is 0 Å². The highest BCUT2D eigenvalue weighted by Crippen LogP contribution is 2.38. The summed E-state index contributed by atoms with van der Waals surface area (Å²) >= 11 is 6.65. The van der Waals surface area contributed by atoms with Crippen molar-refractivity contribution in [3.05, 3.63) is 72.3 Å². The van der Waals surface area contributed by atoms with Crippen LogP contribution in [0.4, 0.5) is 0 Å². The molecule has 174 valence electrons. The summed E-state index contributed by atoms with van der Waals surface area (Å²) in [7, 11) is -8.72. The molecule has 0 saturated carbocycles. The zero-order chi connectivity index (χ0) is 24.0. The van der Waals surface area contributed by atoms with Gasteiger partial charge in [-0.25, -0.2) is 16.8 Å². The van der Waals surface area contributed by atoms with Gasteiger partial charge in [0.15, 0.2) is 24.3 Å². The maximum atomic E-state index is 13.5. The smallest absolute Gasteiger partial charge is 0.196 e. The fourth-order valence-corrected chi connectivity index (χ4v) is 8.51. The van der Waals surface area contributed by atoms with Crippen LogP contribution in [0.5, 0.6) is 0 Å². The Bertz CT molecular complexity index is 1070. The topological polar surface area (TPSA) is 85.3 Å². The van der Waals surface area contributed by atoms with Crippen molar-refractivity contribution in [3.63, 3.8) is 0 Å². The molecule has 0 heterocycles. The maximum absolute atomic E-state index is 13.5. The van der Waals surface area contributed by atoms with Gasteiger partial charge in [0.2, 0.25) is 0 Å². The standard InChI is InChI=1S/C24H29ClO5S2/c1-19(2)11-10-12-20(3)24(25,18-26)17-23(31(27,28)21-13-6-4-7-14-21)32(29,30)22-15-8-5-9-16-22/h4-9,11,13-16,18,20,23H,10,12,17H2,1-3H3/t20-,24+/m1/s1. The molecule has 0 radical (unpaired) electrons. The predicted octanol–water partition coefficient (Wildman–Crippen LogP) is 5.21. The first-order chi connectivity index (χ1) is 14.9. The molecule has 0 spiro atoms. The number of hydrogen-bond acceptors (Lipinski definition) is 5. The van der Waals surface area contributed by atoms with Crippen molar-refractivity contribution < 1.29 is 21.6 Å². The zero-order valence-electron chi connectivity index (χ0n) is 18.4. The lowest BCUT2D eigenvalue weighted by molar-refractivity contribution is -0.111. The Morgan fingerprint density at radius 3 is 1.72 bits per heavy atom. The largest absolute Gasteiger partial charge is 0.301 e. The molecule has 0 unspecified atom stereocenters. The summed E-state index contributed by atoms with van der Waals surface area (Å²) in [6, 6.07) is 14.8. The van der Waals surface area contributed by atoms with Crippen molar-refractivity contribution in [2.45, 2.75) is 59.3 Å². The highest BCUT2D eigenvalue weighted by Gasteiger charge is 2.47. The first-order valence-electron chi connectivity index (χ1n) is 10.3. The van der Waals surface area contributed by atoms with Crippen LogP contribution in [0.2, 0.25) is 0 Å². The maximum Gasteiger partial charge on any atom is 0.196 e. The fourth-order valence-electron chi connectivity index (χ4n) is 3.39. The molecule has 2 atom stereocenters. The summed E-state index contributed by atoms with van der Waals surface area (Å²) in [5.41, 5.74) is 1.11. The second kappa shape index (κ2) is 10.8. The number of halogens is 1. The molecule has 0 fully saturated rings. The van der Waals surface area contributed by atoms with Crippen LogP contribution < -0.4 is 0 Å². The van der Waals surface area contributed by atoms with E-state index in [1.54, 1.807) is 19.1 Å². The highest BCUT2D eigenvalue weighted by atomic mass is 35.5. The number of allylic oxidation sites excluding steroid dienone is 2. The monoisotopic (exact) mass is 496 g/mol. The molecule has 2 aromatic rings. The third kappa shape index (κ3) is 6.09. The van der Waals surface area contributed by atoms with Crippen molar-refractivity contribution in [1.82, 2.24) is 0 Å². The Morgan fingerprint density at radius 2 is 1.34 bits per heavy atom. The van der Waals surface area contributed by atoms with Crippen molar-refractivity contribution in [3.8, 4) is 0 Å². The molecule has 0 saturated heterocycles. The number of hydrogen-bond donors (Lipinski definition) is 0. The molecular weight excluding hydrogens is 468 g/mol. The molecule has 32 heavy (non-hydrogen) atoms. The van der Waals surface area contributed by atoms with Crippen molar-refractivity contribution in [2.24, 2.45) is 5.92 Å². The molecule has 0 N–H and O–H groups in total. The third-order valence-corrected chi connectivity index (χ3v) is 11.2. The van der Waals surface area contributed by atoms with E-state index in [0.29, 0.717) is 19.1 Å². The molecule has 0 aromatic heterocycles. The summed E-state index contributed by atoms with van der Waals surface area (Å²) in [5.74, 6) is -0.447. The predicted molar refractivity (Wildman–Crippen MR) is 128 cm³/mol. The third-order valence-electron chi connectivity index (χ3n) is 5.48. The first-order valence-corrected chi connectivity index (χ1v) is 13.8. The minimum absolute atomic E-state index is 0.133. The number of carbonyl (C=O) groups excluding carboxylic acids is 1. The van der Waals surface area contributed by atoms with Crippen LogP contribution in [0.1, 0.15) is 40.0 Å². The summed E-state index contributed by atoms with van der Waals surface area (Å²) in [6.45, 7) is 5.64. The molecule has 0 aliphatic carbocycles. The second-order valence-corrected chi connectivity index (χ2v) is 13.4. The Hall–Kier alpha value is -1.96. The summed E-state index contributed by atoms with van der Waals surface area (Å²) in [5, 5.41) is 0. The van der Waals surface area contributed by atoms with Crippen LogP contribution >= 0.6 is 11.6 Å². The van der Waals surface area contributed by atoms with Crippen molar-refractivity contribution in [2.75, 3.05) is 0 Å². The Kier molecular flexibility index (Phi) is 8.85. The molecule has 2 aromatic carbocycles. The Labute approximate surface area is 196 Å². The summed E-state index contributed by atoms with van der Waals surface area (Å²) in [4.78, 5) is 10.2. The minimum Gasteiger partial charge on any atom is -0.301 e. The van der Waals surface area contributed by atoms with Gasteiger partial charge in [0.25, 0.3) is 0 Å². The number of sulfone groups is 2.